The van der Waals surface area contributed by atoms with Gasteiger partial charge in [0, 0.05) is 84.9 Å². The number of halogens is 2. The van der Waals surface area contributed by atoms with Gasteiger partial charge in [-0.1, -0.05) is 39.0 Å². The molecule has 1 saturated heterocycles. The average molecular weight is 1560 g/mol. The highest BCUT2D eigenvalue weighted by molar-refractivity contribution is 7.93. The number of anilines is 6. The van der Waals surface area contributed by atoms with Gasteiger partial charge in [-0.25, -0.2) is 45.8 Å². The quantitative estimate of drug-likeness (QED) is 0.0171. The molecule has 0 spiro atoms. The summed E-state index contributed by atoms with van der Waals surface area (Å²) in [5.74, 6) is -7.79. The molecule has 0 radical (unpaired) electrons. The van der Waals surface area contributed by atoms with Crippen LogP contribution in [0.1, 0.15) is 89.8 Å². The van der Waals surface area contributed by atoms with Crippen LogP contribution in [0.25, 0.3) is 11.3 Å². The normalized spacial score (nSPS) is 15.4. The first-order valence-electron chi connectivity index (χ1n) is 34.8. The van der Waals surface area contributed by atoms with Crippen LogP contribution in [0.3, 0.4) is 0 Å². The lowest BCUT2D eigenvalue weighted by atomic mass is 10.0. The van der Waals surface area contributed by atoms with Crippen LogP contribution in [0.2, 0.25) is 0 Å². The Morgan fingerprint density at radius 3 is 2.08 bits per heavy atom. The lowest BCUT2D eigenvalue weighted by Crippen LogP contribution is -2.56. The Labute approximate surface area is 627 Å². The molecule has 8 rings (SSSR count). The second kappa shape index (κ2) is 40.2. The minimum Gasteiger partial charge on any atom is -0.493 e. The second-order valence-electron chi connectivity index (χ2n) is 25.7. The molecule has 3 heterocycles. The largest absolute Gasteiger partial charge is 0.493 e. The number of carboxylic acid groups (broad SMARTS) is 2. The predicted octanol–water partition coefficient (Wildman–Crippen LogP) is 7.86. The monoisotopic (exact) mass is 1550 g/mol. The molecule has 0 saturated carbocycles. The van der Waals surface area contributed by atoms with E-state index < -0.39 is 134 Å². The Morgan fingerprint density at radius 1 is 0.725 bits per heavy atom. The highest BCUT2D eigenvalue weighted by Crippen LogP contribution is 2.34. The van der Waals surface area contributed by atoms with E-state index in [9.17, 15) is 70.4 Å². The van der Waals surface area contributed by atoms with E-state index >= 15 is 4.39 Å². The average Bonchev–Trinajstić information content (AvgIpc) is 1.14. The van der Waals surface area contributed by atoms with Crippen LogP contribution in [0, 0.1) is 17.6 Å². The van der Waals surface area contributed by atoms with Crippen molar-refractivity contribution in [2.24, 2.45) is 10.3 Å². The first-order chi connectivity index (χ1) is 52.0. The van der Waals surface area contributed by atoms with Gasteiger partial charge in [-0.2, -0.15) is 4.36 Å². The van der Waals surface area contributed by atoms with Gasteiger partial charge in [0.2, 0.25) is 23.7 Å². The summed E-state index contributed by atoms with van der Waals surface area (Å²) in [6, 6.07) is 18.9. The zero-order chi connectivity index (χ0) is 78.8. The number of carbonyl (C=O) groups excluding carboxylic acids is 7. The van der Waals surface area contributed by atoms with E-state index in [0.717, 1.165) is 23.2 Å². The predicted molar refractivity (Wildman–Crippen MR) is 397 cm³/mol. The Hall–Kier alpha value is -11.2. The Balaban J connectivity index is 0.713. The maximum Gasteiger partial charge on any atom is 0.319 e. The minimum absolute atomic E-state index is 0.0323. The number of aliphatic carboxylic acids is 2. The number of nitrogens with zero attached hydrogens (tertiary/aromatic N) is 4. The molecule has 0 aliphatic carbocycles. The second-order valence-corrected chi connectivity index (χ2v) is 29.8. The molecule has 12 N–H and O–H groups in total. The van der Waals surface area contributed by atoms with Crippen molar-refractivity contribution in [1.82, 2.24) is 41.5 Å². The van der Waals surface area contributed by atoms with Crippen LogP contribution in [0.4, 0.5) is 57.5 Å². The zero-order valence-electron chi connectivity index (χ0n) is 60.4. The number of nitrogens with one attached hydrogen (secondary N) is 10. The number of aromatic nitrogens is 2. The molecular weight excluding hydrogens is 1470 g/mol. The lowest BCUT2D eigenvalue weighted by Gasteiger charge is -2.29. The number of benzene rings is 5. The topological polar surface area (TPSA) is 453 Å². The number of hydrogen-bond acceptors (Lipinski definition) is 20. The molecular formula is C72H88F2N14O19S2. The van der Waals surface area contributed by atoms with Crippen molar-refractivity contribution in [2.75, 3.05) is 98.1 Å². The van der Waals surface area contributed by atoms with Crippen molar-refractivity contribution in [1.29, 1.82) is 0 Å². The number of ether oxygens (including phenoxy) is 5. The van der Waals surface area contributed by atoms with Gasteiger partial charge < -0.3 is 86.6 Å². The number of urea groups is 3. The van der Waals surface area contributed by atoms with Crippen LogP contribution in [-0.4, -0.2) is 188 Å². The molecule has 33 nitrogen and oxygen atoms in total. The molecule has 6 unspecified atom stereocenters. The van der Waals surface area contributed by atoms with E-state index in [1.165, 1.54) is 85.1 Å². The van der Waals surface area contributed by atoms with Gasteiger partial charge in [0.1, 0.15) is 41.1 Å². The smallest absolute Gasteiger partial charge is 0.319 e. The minimum atomic E-state index is -4.19. The fraction of sp³-hybridized carbons (Fsp3) is 0.403. The lowest BCUT2D eigenvalue weighted by molar-refractivity contribution is -0.146. The van der Waals surface area contributed by atoms with Gasteiger partial charge in [-0.3, -0.25) is 33.5 Å². The summed E-state index contributed by atoms with van der Waals surface area (Å²) in [4.78, 5) is 126. The first-order valence-corrected chi connectivity index (χ1v) is 38.4. The van der Waals surface area contributed by atoms with Crippen LogP contribution >= 0.6 is 0 Å². The number of likely N-dealkylation sites (tertiary alicyclic amines) is 1. The number of amides is 10. The van der Waals surface area contributed by atoms with E-state index in [0.29, 0.717) is 48.5 Å². The number of carboxylic acids is 2. The molecule has 109 heavy (non-hydrogen) atoms. The van der Waals surface area contributed by atoms with Crippen molar-refractivity contribution in [3.05, 3.63) is 138 Å². The fourth-order valence-corrected chi connectivity index (χ4v) is 13.7. The van der Waals surface area contributed by atoms with Gasteiger partial charge in [0.25, 0.3) is 15.9 Å². The maximum atomic E-state index is 15.2. The third kappa shape index (κ3) is 26.6. The van der Waals surface area contributed by atoms with Crippen LogP contribution in [-0.2, 0) is 68.5 Å². The molecule has 5 aromatic carbocycles. The summed E-state index contributed by atoms with van der Waals surface area (Å²) in [6.45, 7) is 8.01. The summed E-state index contributed by atoms with van der Waals surface area (Å²) in [6.07, 6.45) is 1.60. The molecule has 4 bridgehead atoms. The number of sulfonamides is 1. The van der Waals surface area contributed by atoms with Gasteiger partial charge in [-0.15, -0.1) is 0 Å². The van der Waals surface area contributed by atoms with E-state index in [1.807, 2.05) is 6.92 Å². The third-order valence-corrected chi connectivity index (χ3v) is 19.2. The maximum absolute atomic E-state index is 15.2. The number of fused-ring (bicyclic) bond motifs is 6. The van der Waals surface area contributed by atoms with E-state index in [2.05, 4.69) is 66.9 Å². The highest BCUT2D eigenvalue weighted by Gasteiger charge is 2.40. The van der Waals surface area contributed by atoms with E-state index in [1.54, 1.807) is 39.0 Å². The molecule has 2 aliphatic heterocycles. The van der Waals surface area contributed by atoms with Crippen molar-refractivity contribution < 1.29 is 98.5 Å². The van der Waals surface area contributed by atoms with Crippen LogP contribution < -0.4 is 62.0 Å². The molecule has 37 heteroatoms. The van der Waals surface area contributed by atoms with Crippen molar-refractivity contribution in [2.45, 2.75) is 114 Å². The van der Waals surface area contributed by atoms with Crippen molar-refractivity contribution >= 4 is 108 Å². The van der Waals surface area contributed by atoms with Gasteiger partial charge in [-0.05, 0) is 122 Å². The molecule has 6 atom stereocenters. The van der Waals surface area contributed by atoms with E-state index in [-0.39, 0.29) is 128 Å². The highest BCUT2D eigenvalue weighted by atomic mass is 32.2. The summed E-state index contributed by atoms with van der Waals surface area (Å²) in [5, 5.41) is 43.3. The number of carbonyl (C=O) groups is 9. The molecule has 6 aromatic rings. The Kier molecular flexibility index (Phi) is 30.8. The SMILES string of the molecule is CCCNC(=O)Nc1cccc(S(=O)(=O)Nc2cccc(C(CC(=O)O)NC(=O)Nc3ccc(NC(=O)NCCOCCOCCOCCC(=O)NC(CC(=O)O)C(=O)N4CCCC4C(=O)NC(C(=O)N=S(C)(=O)Cc4cc5cc(c4)OC(C)CCOc4cc(F)ccc4-c4nc(ncc4F)N5)C(C)C)cc3)c2)c1. The summed E-state index contributed by atoms with van der Waals surface area (Å²) in [5.41, 5.74) is 2.01. The van der Waals surface area contributed by atoms with Crippen molar-refractivity contribution in [3.8, 4) is 22.8 Å². The van der Waals surface area contributed by atoms with Crippen LogP contribution in [0.5, 0.6) is 11.5 Å². The van der Waals surface area contributed by atoms with E-state index in [4.69, 9.17) is 23.7 Å². The third-order valence-electron chi connectivity index (χ3n) is 16.4. The fourth-order valence-electron chi connectivity index (χ4n) is 11.3. The Morgan fingerprint density at radius 2 is 1.39 bits per heavy atom. The van der Waals surface area contributed by atoms with Gasteiger partial charge >= 0.3 is 30.0 Å². The van der Waals surface area contributed by atoms with Crippen LogP contribution in [0.15, 0.2) is 125 Å². The Bertz CT molecular complexity index is 4500. The summed E-state index contributed by atoms with van der Waals surface area (Å²) < 4.78 is 106. The summed E-state index contributed by atoms with van der Waals surface area (Å²) in [7, 11) is -7.61. The molecule has 2 aliphatic rings. The number of rotatable bonds is 34. The van der Waals surface area contributed by atoms with Crippen molar-refractivity contribution in [3.63, 3.8) is 0 Å². The number of hydrogen-bond donors (Lipinski definition) is 12. The molecule has 586 valence electrons. The zero-order valence-corrected chi connectivity index (χ0v) is 62.0. The molecule has 1 fully saturated rings. The summed E-state index contributed by atoms with van der Waals surface area (Å²) >= 11 is 0. The van der Waals surface area contributed by atoms with Gasteiger partial charge in [0.15, 0.2) is 5.82 Å². The standard InChI is InChI=1S/C72H88F2N14O19S2/c1-6-23-75-70(97)81-50-11-8-13-54(38-50)109(101,102)86-51-12-7-10-46(35-51)57(39-62(90)91)83-72(99)80-49-18-16-48(17-19-49)79-71(98)76-24-28-104-30-32-105-31-29-103-26-22-61(89)82-58(40-63(92)93)68(96)88-25-9-14-59(88)66(94)84-64(43(2)3)67(95)87-108(5,100)42-45-33-52-37-53(34-45)107-44(4)21-27-106-60-36-47(73)15-20-55(60)65-56(74)41-77-69(78-52)85-65/h7-8,10-13,15-20,33-38,41,43-44,57-59,64,86H,6,9,14,21-32,39-40,42H2,1-5H3,(H,82,89)(H,84,94)(H,90,91)(H,92,93)(H2,75,81,97)(H2,76,79,98)(H,77,78,85)(H2,80,83,99). The molecule has 10 amide bonds. The molecule has 1 aromatic heterocycles. The first kappa shape index (κ1) is 83.5. The van der Waals surface area contributed by atoms with Gasteiger partial charge in [0.05, 0.1) is 97.8 Å².